The molecular formula is C15H25N5O3. The fraction of sp³-hybridized carbons (Fsp3) is 0.733. The van der Waals surface area contributed by atoms with Crippen LogP contribution in [0.4, 0.5) is 0 Å². The van der Waals surface area contributed by atoms with Crippen LogP contribution >= 0.6 is 0 Å². The summed E-state index contributed by atoms with van der Waals surface area (Å²) in [4.78, 5) is 16.2. The second-order valence-electron chi connectivity index (χ2n) is 6.19. The number of aromatic amines is 1. The third-order valence-electron chi connectivity index (χ3n) is 4.58. The number of likely N-dealkylation sites (tertiary alicyclic amines) is 1. The minimum Gasteiger partial charge on any atom is -0.356 e. The van der Waals surface area contributed by atoms with Crippen molar-refractivity contribution >= 4 is 5.91 Å². The predicted molar refractivity (Wildman–Crippen MR) is 83.7 cm³/mol. The summed E-state index contributed by atoms with van der Waals surface area (Å²) in [6.07, 6.45) is 2.23. The van der Waals surface area contributed by atoms with Crippen molar-refractivity contribution in [2.75, 3.05) is 39.8 Å². The second kappa shape index (κ2) is 7.39. The van der Waals surface area contributed by atoms with Gasteiger partial charge >= 0.3 is 0 Å². The Labute approximate surface area is 135 Å². The molecule has 3 heterocycles. The number of carbonyl (C=O) groups is 1. The number of aliphatic hydroxyl groups excluding tert-OH is 1. The number of rotatable bonds is 6. The number of nitrogens with one attached hydrogen (secondary N) is 2. The molecule has 0 bridgehead atoms. The average molecular weight is 323 g/mol. The molecule has 2 aliphatic heterocycles. The number of aliphatic hydroxyl groups is 1. The zero-order chi connectivity index (χ0) is 16.2. The van der Waals surface area contributed by atoms with Crippen LogP contribution in [0, 0.1) is 0 Å². The van der Waals surface area contributed by atoms with Crippen LogP contribution in [0.15, 0.2) is 6.07 Å². The molecule has 2 aliphatic rings. The molecule has 2 atom stereocenters. The molecule has 2 fully saturated rings. The van der Waals surface area contributed by atoms with Gasteiger partial charge in [-0.05, 0) is 38.9 Å². The van der Waals surface area contributed by atoms with E-state index in [1.807, 2.05) is 11.0 Å². The van der Waals surface area contributed by atoms with Crippen LogP contribution in [0.2, 0.25) is 0 Å². The third-order valence-corrected chi connectivity index (χ3v) is 4.58. The fourth-order valence-corrected chi connectivity index (χ4v) is 3.21. The number of hydrogen-bond acceptors (Lipinski definition) is 6. The molecule has 3 rings (SSSR count). The van der Waals surface area contributed by atoms with Gasteiger partial charge in [-0.2, -0.15) is 5.10 Å². The quantitative estimate of drug-likeness (QED) is 0.633. The van der Waals surface area contributed by atoms with Crippen LogP contribution in [0.1, 0.15) is 41.5 Å². The first-order valence-electron chi connectivity index (χ1n) is 8.22. The molecule has 0 aromatic carbocycles. The Hall–Kier alpha value is -1.48. The van der Waals surface area contributed by atoms with E-state index in [0.29, 0.717) is 31.4 Å². The Morgan fingerprint density at radius 1 is 1.57 bits per heavy atom. The summed E-state index contributed by atoms with van der Waals surface area (Å²) in [6, 6.07) is 2.18. The Morgan fingerprint density at radius 2 is 2.43 bits per heavy atom. The van der Waals surface area contributed by atoms with Gasteiger partial charge in [0.1, 0.15) is 5.69 Å². The van der Waals surface area contributed by atoms with Gasteiger partial charge in [0.15, 0.2) is 0 Å². The molecule has 2 unspecified atom stereocenters. The summed E-state index contributed by atoms with van der Waals surface area (Å²) in [7, 11) is 2.09. The van der Waals surface area contributed by atoms with Gasteiger partial charge in [0, 0.05) is 19.6 Å². The minimum atomic E-state index is -0.803. The van der Waals surface area contributed by atoms with Gasteiger partial charge in [0.2, 0.25) is 6.41 Å². The zero-order valence-corrected chi connectivity index (χ0v) is 13.5. The van der Waals surface area contributed by atoms with Crippen LogP contribution < -0.4 is 5.32 Å². The minimum absolute atomic E-state index is 0.161. The van der Waals surface area contributed by atoms with Crippen molar-refractivity contribution in [3.63, 3.8) is 0 Å². The molecule has 3 N–H and O–H groups in total. The summed E-state index contributed by atoms with van der Waals surface area (Å²) >= 11 is 0. The molecule has 23 heavy (non-hydrogen) atoms. The smallest absolute Gasteiger partial charge is 0.271 e. The maximum absolute atomic E-state index is 12.1. The van der Waals surface area contributed by atoms with Crippen molar-refractivity contribution in [2.24, 2.45) is 0 Å². The number of carbonyl (C=O) groups excluding carboxylic acids is 1. The maximum atomic E-state index is 12.1. The summed E-state index contributed by atoms with van der Waals surface area (Å²) in [5.74, 6) is -0.161. The monoisotopic (exact) mass is 323 g/mol. The lowest BCUT2D eigenvalue weighted by Gasteiger charge is -2.17. The first-order valence-corrected chi connectivity index (χ1v) is 8.22. The van der Waals surface area contributed by atoms with Crippen LogP contribution in [0.3, 0.4) is 0 Å². The maximum Gasteiger partial charge on any atom is 0.271 e. The van der Waals surface area contributed by atoms with Crippen LogP contribution in [0.5, 0.6) is 0 Å². The number of hydrogen-bond donors (Lipinski definition) is 3. The van der Waals surface area contributed by atoms with Crippen molar-refractivity contribution in [3.05, 3.63) is 17.5 Å². The van der Waals surface area contributed by atoms with E-state index in [1.165, 1.54) is 6.42 Å². The molecule has 0 radical (unpaired) electrons. The van der Waals surface area contributed by atoms with Gasteiger partial charge < -0.3 is 15.2 Å². The second-order valence-corrected chi connectivity index (χ2v) is 6.19. The molecule has 0 spiro atoms. The number of nitrogens with zero attached hydrogens (tertiary/aromatic N) is 3. The van der Waals surface area contributed by atoms with Gasteiger partial charge in [-0.15, -0.1) is 0 Å². The molecule has 128 valence electrons. The van der Waals surface area contributed by atoms with Crippen molar-refractivity contribution in [1.82, 2.24) is 25.3 Å². The van der Waals surface area contributed by atoms with E-state index in [4.69, 9.17) is 4.74 Å². The first kappa shape index (κ1) is 16.4. The Kier molecular flexibility index (Phi) is 5.27. The van der Waals surface area contributed by atoms with E-state index in [1.54, 1.807) is 0 Å². The largest absolute Gasteiger partial charge is 0.356 e. The number of H-pyrrole nitrogens is 1. The highest BCUT2D eigenvalue weighted by molar-refractivity contribution is 5.92. The lowest BCUT2D eigenvalue weighted by Crippen LogP contribution is -2.33. The predicted octanol–water partition coefficient (Wildman–Crippen LogP) is -0.0956. The molecule has 1 aromatic heterocycles. The number of ether oxygens (including phenoxy) is 1. The van der Waals surface area contributed by atoms with E-state index in [2.05, 4.69) is 27.5 Å². The molecule has 0 saturated carbocycles. The highest BCUT2D eigenvalue weighted by atomic mass is 16.6. The molecule has 8 heteroatoms. The molecule has 2 saturated heterocycles. The van der Waals surface area contributed by atoms with Crippen molar-refractivity contribution in [2.45, 2.75) is 31.7 Å². The van der Waals surface area contributed by atoms with E-state index >= 15 is 0 Å². The molecular weight excluding hydrogens is 298 g/mol. The standard InChI is InChI=1S/C15H25N5O3/c1-19-6-2-4-13(19)11-10-12(18-17-11)14(21)16-5-3-7-20-8-9-23-15(20)22/h10,13,15,22H,2-9H2,1H3,(H,16,21)(H,17,18). The summed E-state index contributed by atoms with van der Waals surface area (Å²) < 4.78 is 5.05. The lowest BCUT2D eigenvalue weighted by molar-refractivity contribution is -0.133. The van der Waals surface area contributed by atoms with Gasteiger partial charge in [0.05, 0.1) is 18.3 Å². The third kappa shape index (κ3) is 3.89. The topological polar surface area (TPSA) is 93.7 Å². The molecule has 8 nitrogen and oxygen atoms in total. The normalized spacial score (nSPS) is 26.0. The van der Waals surface area contributed by atoms with E-state index in [0.717, 1.165) is 31.6 Å². The van der Waals surface area contributed by atoms with Crippen LogP contribution in [-0.2, 0) is 4.74 Å². The highest BCUT2D eigenvalue weighted by Crippen LogP contribution is 2.29. The summed E-state index contributed by atoms with van der Waals surface area (Å²) in [5, 5.41) is 19.5. The van der Waals surface area contributed by atoms with Crippen molar-refractivity contribution in [3.8, 4) is 0 Å². The Morgan fingerprint density at radius 3 is 3.13 bits per heavy atom. The Bertz CT molecular complexity index is 535. The van der Waals surface area contributed by atoms with Gasteiger partial charge in [-0.25, -0.2) is 0 Å². The van der Waals surface area contributed by atoms with Crippen LogP contribution in [0.25, 0.3) is 0 Å². The zero-order valence-electron chi connectivity index (χ0n) is 13.5. The van der Waals surface area contributed by atoms with Crippen LogP contribution in [-0.4, -0.2) is 77.3 Å². The van der Waals surface area contributed by atoms with Gasteiger partial charge in [0.25, 0.3) is 5.91 Å². The molecule has 1 amide bonds. The molecule has 1 aromatic rings. The van der Waals surface area contributed by atoms with E-state index in [9.17, 15) is 9.90 Å². The van der Waals surface area contributed by atoms with Gasteiger partial charge in [-0.1, -0.05) is 0 Å². The van der Waals surface area contributed by atoms with E-state index in [-0.39, 0.29) is 5.91 Å². The lowest BCUT2D eigenvalue weighted by atomic mass is 10.1. The van der Waals surface area contributed by atoms with Gasteiger partial charge in [-0.3, -0.25) is 19.7 Å². The highest BCUT2D eigenvalue weighted by Gasteiger charge is 2.25. The van der Waals surface area contributed by atoms with E-state index < -0.39 is 6.41 Å². The number of aromatic nitrogens is 2. The number of amides is 1. The SMILES string of the molecule is CN1CCCC1c1cc(C(=O)NCCCN2CCOC2O)n[nH]1. The van der Waals surface area contributed by atoms with Crippen molar-refractivity contribution < 1.29 is 14.6 Å². The summed E-state index contributed by atoms with van der Waals surface area (Å²) in [6.45, 7) is 3.61. The fourth-order valence-electron chi connectivity index (χ4n) is 3.21. The van der Waals surface area contributed by atoms with Crippen molar-refractivity contribution in [1.29, 1.82) is 0 Å². The first-order chi connectivity index (χ1) is 11.1. The average Bonchev–Trinajstić information content (AvgIpc) is 3.24. The summed E-state index contributed by atoms with van der Waals surface area (Å²) in [5.41, 5.74) is 1.44. The molecule has 0 aliphatic carbocycles. The Balaban J connectivity index is 1.42.